The lowest BCUT2D eigenvalue weighted by molar-refractivity contribution is -0.133. The molecular weight excluding hydrogens is 268 g/mol. The summed E-state index contributed by atoms with van der Waals surface area (Å²) in [6.07, 6.45) is 7.66. The normalized spacial score (nSPS) is 23.4. The maximum Gasteiger partial charge on any atom is 0.313 e. The van der Waals surface area contributed by atoms with E-state index < -0.39 is 5.97 Å². The summed E-state index contributed by atoms with van der Waals surface area (Å²) in [5, 5.41) is 10.2. The van der Waals surface area contributed by atoms with Crippen molar-refractivity contribution < 1.29 is 9.90 Å². The second-order valence-corrected chi connectivity index (χ2v) is 6.53. The van der Waals surface area contributed by atoms with Crippen LogP contribution in [-0.2, 0) is 4.79 Å². The van der Waals surface area contributed by atoms with Crippen molar-refractivity contribution in [1.29, 1.82) is 0 Å². The molecule has 2 rings (SSSR count). The van der Waals surface area contributed by atoms with E-state index in [0.717, 1.165) is 10.9 Å². The highest BCUT2D eigenvalue weighted by Crippen LogP contribution is 2.40. The predicted molar refractivity (Wildman–Crippen MR) is 75.5 cm³/mol. The minimum absolute atomic E-state index is 0.0765. The number of carboxylic acids is 1. The zero-order chi connectivity index (χ0) is 13.1. The van der Waals surface area contributed by atoms with E-state index >= 15 is 0 Å². The summed E-state index contributed by atoms with van der Waals surface area (Å²) in [5.41, 5.74) is 1.13. The van der Waals surface area contributed by atoms with Crippen LogP contribution in [0.3, 0.4) is 0 Å². The number of imidazole rings is 1. The van der Waals surface area contributed by atoms with Crippen LogP contribution in [0.5, 0.6) is 0 Å². The lowest BCUT2D eigenvalue weighted by atomic mass is 10.2. The van der Waals surface area contributed by atoms with Crippen molar-refractivity contribution >= 4 is 29.5 Å². The van der Waals surface area contributed by atoms with E-state index in [9.17, 15) is 4.79 Å². The quantitative estimate of drug-likeness (QED) is 0.844. The summed E-state index contributed by atoms with van der Waals surface area (Å²) < 4.78 is 2.24. The summed E-state index contributed by atoms with van der Waals surface area (Å²) >= 11 is 3.22. The van der Waals surface area contributed by atoms with Gasteiger partial charge in [0, 0.05) is 23.2 Å². The summed E-state index contributed by atoms with van der Waals surface area (Å²) in [5.74, 6) is -0.715. The van der Waals surface area contributed by atoms with Crippen LogP contribution in [0.4, 0.5) is 0 Å². The maximum absolute atomic E-state index is 10.7. The standard InChI is InChI=1S/C12H18N2O2S2/c1-8-6-13-12(18-7-11(15)16)14(8)9-4-3-5-10(9)17-2/h6,9-10H,3-5,7H2,1-2H3,(H,15,16). The van der Waals surface area contributed by atoms with Crippen molar-refractivity contribution in [2.24, 2.45) is 0 Å². The smallest absolute Gasteiger partial charge is 0.313 e. The molecule has 2 atom stereocenters. The second kappa shape index (κ2) is 6.02. The van der Waals surface area contributed by atoms with E-state index in [1.54, 1.807) is 0 Å². The van der Waals surface area contributed by atoms with Crippen LogP contribution in [0, 0.1) is 6.92 Å². The highest BCUT2D eigenvalue weighted by Gasteiger charge is 2.30. The third-order valence-electron chi connectivity index (χ3n) is 3.32. The van der Waals surface area contributed by atoms with Crippen LogP contribution < -0.4 is 0 Å². The van der Waals surface area contributed by atoms with Crippen LogP contribution in [-0.4, -0.2) is 37.9 Å². The molecule has 1 aromatic rings. The minimum Gasteiger partial charge on any atom is -0.481 e. The second-order valence-electron chi connectivity index (χ2n) is 4.51. The molecular formula is C12H18N2O2S2. The number of carboxylic acid groups (broad SMARTS) is 1. The van der Waals surface area contributed by atoms with E-state index in [0.29, 0.717) is 11.3 Å². The molecule has 0 aliphatic heterocycles. The van der Waals surface area contributed by atoms with E-state index in [-0.39, 0.29) is 5.75 Å². The first-order valence-electron chi connectivity index (χ1n) is 6.04. The van der Waals surface area contributed by atoms with E-state index in [1.165, 1.54) is 31.0 Å². The minimum atomic E-state index is -0.792. The molecule has 1 aromatic heterocycles. The fourth-order valence-corrected chi connectivity index (χ4v) is 4.31. The zero-order valence-corrected chi connectivity index (χ0v) is 12.3. The fraction of sp³-hybridized carbons (Fsp3) is 0.667. The summed E-state index contributed by atoms with van der Waals surface area (Å²) in [7, 11) is 0. The summed E-state index contributed by atoms with van der Waals surface area (Å²) in [6, 6.07) is 0.471. The van der Waals surface area contributed by atoms with E-state index in [2.05, 4.69) is 15.8 Å². The number of aromatic nitrogens is 2. The summed E-state index contributed by atoms with van der Waals surface area (Å²) in [4.78, 5) is 15.0. The molecule has 4 nitrogen and oxygen atoms in total. The van der Waals surface area contributed by atoms with Gasteiger partial charge in [-0.3, -0.25) is 4.79 Å². The van der Waals surface area contributed by atoms with Gasteiger partial charge in [-0.2, -0.15) is 11.8 Å². The van der Waals surface area contributed by atoms with Crippen LogP contribution in [0.2, 0.25) is 0 Å². The van der Waals surface area contributed by atoms with Gasteiger partial charge in [-0.05, 0) is 26.0 Å². The highest BCUT2D eigenvalue weighted by molar-refractivity contribution is 7.99. The monoisotopic (exact) mass is 286 g/mol. The first kappa shape index (κ1) is 13.8. The molecule has 0 amide bonds. The highest BCUT2D eigenvalue weighted by atomic mass is 32.2. The van der Waals surface area contributed by atoms with Gasteiger partial charge < -0.3 is 9.67 Å². The zero-order valence-electron chi connectivity index (χ0n) is 10.6. The molecule has 2 unspecified atom stereocenters. The molecule has 0 aromatic carbocycles. The molecule has 1 aliphatic rings. The lowest BCUT2D eigenvalue weighted by Gasteiger charge is -2.22. The average Bonchev–Trinajstić information content (AvgIpc) is 2.92. The molecule has 1 heterocycles. The van der Waals surface area contributed by atoms with Gasteiger partial charge in [-0.1, -0.05) is 18.2 Å². The Hall–Kier alpha value is -0.620. The van der Waals surface area contributed by atoms with Crippen molar-refractivity contribution in [3.05, 3.63) is 11.9 Å². The molecule has 1 fully saturated rings. The Morgan fingerprint density at radius 3 is 3.06 bits per heavy atom. The van der Waals surface area contributed by atoms with Crippen molar-refractivity contribution in [3.8, 4) is 0 Å². The largest absolute Gasteiger partial charge is 0.481 e. The van der Waals surface area contributed by atoms with Gasteiger partial charge in [0.25, 0.3) is 0 Å². The number of nitrogens with zero attached hydrogens (tertiary/aromatic N) is 2. The van der Waals surface area contributed by atoms with Crippen molar-refractivity contribution in [3.63, 3.8) is 0 Å². The van der Waals surface area contributed by atoms with Gasteiger partial charge in [-0.25, -0.2) is 4.98 Å². The van der Waals surface area contributed by atoms with Gasteiger partial charge in [0.05, 0.1) is 5.75 Å². The van der Waals surface area contributed by atoms with Crippen LogP contribution in [0.15, 0.2) is 11.4 Å². The van der Waals surface area contributed by atoms with Gasteiger partial charge in [0.1, 0.15) is 0 Å². The van der Waals surface area contributed by atoms with Gasteiger partial charge in [-0.15, -0.1) is 0 Å². The molecule has 1 aliphatic carbocycles. The number of hydrogen-bond acceptors (Lipinski definition) is 4. The lowest BCUT2D eigenvalue weighted by Crippen LogP contribution is -2.18. The average molecular weight is 286 g/mol. The molecule has 6 heteroatoms. The first-order valence-corrected chi connectivity index (χ1v) is 8.32. The predicted octanol–water partition coefficient (Wildman–Crippen LogP) is 2.82. The third kappa shape index (κ3) is 2.85. The number of rotatable bonds is 5. The number of carbonyl (C=O) groups is 1. The van der Waals surface area contributed by atoms with Crippen LogP contribution >= 0.6 is 23.5 Å². The van der Waals surface area contributed by atoms with Crippen molar-refractivity contribution in [2.45, 2.75) is 42.6 Å². The topological polar surface area (TPSA) is 55.1 Å². The molecule has 0 saturated heterocycles. The molecule has 18 heavy (non-hydrogen) atoms. The Labute approximate surface area is 116 Å². The molecule has 0 radical (unpaired) electrons. The molecule has 100 valence electrons. The van der Waals surface area contributed by atoms with Gasteiger partial charge >= 0.3 is 5.97 Å². The maximum atomic E-state index is 10.7. The van der Waals surface area contributed by atoms with E-state index in [1.807, 2.05) is 24.9 Å². The van der Waals surface area contributed by atoms with Crippen molar-refractivity contribution in [1.82, 2.24) is 9.55 Å². The summed E-state index contributed by atoms with van der Waals surface area (Å²) in [6.45, 7) is 2.05. The Balaban J connectivity index is 2.20. The van der Waals surface area contributed by atoms with Crippen LogP contribution in [0.1, 0.15) is 31.0 Å². The Bertz CT molecular complexity index is 434. The van der Waals surface area contributed by atoms with Gasteiger partial charge in [0.2, 0.25) is 0 Å². The Kier molecular flexibility index (Phi) is 4.61. The Morgan fingerprint density at radius 2 is 2.39 bits per heavy atom. The molecule has 0 bridgehead atoms. The number of aliphatic carboxylic acids is 1. The number of thioether (sulfide) groups is 2. The SMILES string of the molecule is CSC1CCCC1n1c(C)cnc1SCC(=O)O. The van der Waals surface area contributed by atoms with Gasteiger partial charge in [0.15, 0.2) is 5.16 Å². The van der Waals surface area contributed by atoms with Crippen LogP contribution in [0.25, 0.3) is 0 Å². The Morgan fingerprint density at radius 1 is 1.61 bits per heavy atom. The third-order valence-corrected chi connectivity index (χ3v) is 5.43. The van der Waals surface area contributed by atoms with Crippen molar-refractivity contribution in [2.75, 3.05) is 12.0 Å². The molecule has 0 spiro atoms. The fourth-order valence-electron chi connectivity index (χ4n) is 2.54. The first-order chi connectivity index (χ1) is 8.63. The molecule has 1 N–H and O–H groups in total. The van der Waals surface area contributed by atoms with E-state index in [4.69, 9.17) is 5.11 Å². The molecule has 1 saturated carbocycles. The number of hydrogen-bond donors (Lipinski definition) is 1. The number of aryl methyl sites for hydroxylation is 1.